The molecule has 0 spiro atoms. The lowest BCUT2D eigenvalue weighted by Gasteiger charge is -2.02. The molecule has 14 heavy (non-hydrogen) atoms. The number of aliphatic carboxylic acids is 1. The van der Waals surface area contributed by atoms with Gasteiger partial charge in [0, 0.05) is 19.2 Å². The zero-order chi connectivity index (χ0) is 10.1. The zero-order valence-electron chi connectivity index (χ0n) is 8.23. The van der Waals surface area contributed by atoms with Gasteiger partial charge in [0.15, 0.2) is 0 Å². The molecule has 2 rings (SSSR count). The van der Waals surface area contributed by atoms with Gasteiger partial charge in [-0.25, -0.2) is 0 Å². The molecule has 1 aromatic rings. The Bertz CT molecular complexity index is 353. The number of rotatable bonds is 4. The van der Waals surface area contributed by atoms with E-state index in [0.717, 1.165) is 5.69 Å². The minimum atomic E-state index is -0.743. The molecule has 0 aliphatic heterocycles. The maximum absolute atomic E-state index is 10.5. The maximum atomic E-state index is 10.5. The molecule has 1 aliphatic rings. The summed E-state index contributed by atoms with van der Waals surface area (Å²) in [5.41, 5.74) is 2.35. The Morgan fingerprint density at radius 2 is 2.43 bits per heavy atom. The molecule has 76 valence electrons. The lowest BCUT2D eigenvalue weighted by Crippen LogP contribution is -2.04. The predicted octanol–water partition coefficient (Wildman–Crippen LogP) is 1.31. The van der Waals surface area contributed by atoms with Crippen LogP contribution in [0.5, 0.6) is 0 Å². The summed E-state index contributed by atoms with van der Waals surface area (Å²) in [6, 6.07) is 0. The average molecular weight is 194 g/mol. The van der Waals surface area contributed by atoms with Crippen molar-refractivity contribution in [1.82, 2.24) is 9.78 Å². The molecule has 0 amide bonds. The second-order valence-corrected chi connectivity index (χ2v) is 3.84. The van der Waals surface area contributed by atoms with E-state index in [1.165, 1.54) is 18.4 Å². The number of hydrogen-bond donors (Lipinski definition) is 1. The molecular weight excluding hydrogens is 180 g/mol. The lowest BCUT2D eigenvalue weighted by atomic mass is 10.1. The van der Waals surface area contributed by atoms with Crippen LogP contribution in [0.2, 0.25) is 0 Å². The second-order valence-electron chi connectivity index (χ2n) is 3.84. The smallest absolute Gasteiger partial charge is 0.303 e. The summed E-state index contributed by atoms with van der Waals surface area (Å²) >= 11 is 0. The predicted molar refractivity (Wildman–Crippen MR) is 51.1 cm³/mol. The standard InChI is InChI=1S/C10H14N2O2/c1-12-9(4-5-10(13)14)8(6-11-12)7-2-3-7/h6-7H,2-5H2,1H3,(H,13,14). The number of aromatic nitrogens is 2. The monoisotopic (exact) mass is 194 g/mol. The van der Waals surface area contributed by atoms with E-state index < -0.39 is 5.97 Å². The highest BCUT2D eigenvalue weighted by atomic mass is 16.4. The molecule has 1 N–H and O–H groups in total. The first-order valence-electron chi connectivity index (χ1n) is 4.91. The summed E-state index contributed by atoms with van der Waals surface area (Å²) in [6.07, 6.45) is 5.13. The highest BCUT2D eigenvalue weighted by Crippen LogP contribution is 2.41. The second kappa shape index (κ2) is 3.44. The molecule has 1 fully saturated rings. The van der Waals surface area contributed by atoms with Crippen molar-refractivity contribution in [1.29, 1.82) is 0 Å². The number of carboxylic acids is 1. The third-order valence-corrected chi connectivity index (χ3v) is 2.69. The Labute approximate surface area is 82.5 Å². The molecule has 0 bridgehead atoms. The van der Waals surface area contributed by atoms with Crippen LogP contribution in [0.25, 0.3) is 0 Å². The molecule has 0 unspecified atom stereocenters. The molecule has 0 atom stereocenters. The van der Waals surface area contributed by atoms with Crippen molar-refractivity contribution in [3.05, 3.63) is 17.5 Å². The van der Waals surface area contributed by atoms with E-state index in [1.807, 2.05) is 13.2 Å². The van der Waals surface area contributed by atoms with Crippen LogP contribution in [-0.4, -0.2) is 20.9 Å². The van der Waals surface area contributed by atoms with E-state index in [4.69, 9.17) is 5.11 Å². The van der Waals surface area contributed by atoms with Crippen molar-refractivity contribution < 1.29 is 9.90 Å². The molecule has 1 aromatic heterocycles. The Hall–Kier alpha value is -1.32. The van der Waals surface area contributed by atoms with E-state index >= 15 is 0 Å². The topological polar surface area (TPSA) is 55.1 Å². The summed E-state index contributed by atoms with van der Waals surface area (Å²) in [4.78, 5) is 10.5. The van der Waals surface area contributed by atoms with Crippen LogP contribution in [0.3, 0.4) is 0 Å². The third kappa shape index (κ3) is 1.78. The normalized spacial score (nSPS) is 15.8. The minimum Gasteiger partial charge on any atom is -0.481 e. The van der Waals surface area contributed by atoms with Crippen LogP contribution in [-0.2, 0) is 18.3 Å². The SMILES string of the molecule is Cn1ncc(C2CC2)c1CCC(=O)O. The maximum Gasteiger partial charge on any atom is 0.303 e. The molecule has 0 saturated heterocycles. The van der Waals surface area contributed by atoms with Gasteiger partial charge in [-0.1, -0.05) is 0 Å². The summed E-state index contributed by atoms with van der Waals surface area (Å²) in [5, 5.41) is 12.8. The van der Waals surface area contributed by atoms with Crippen LogP contribution >= 0.6 is 0 Å². The fourth-order valence-corrected chi connectivity index (χ4v) is 1.75. The number of carboxylic acid groups (broad SMARTS) is 1. The first-order chi connectivity index (χ1) is 6.68. The van der Waals surface area contributed by atoms with Crippen molar-refractivity contribution >= 4 is 5.97 Å². The molecule has 1 heterocycles. The van der Waals surface area contributed by atoms with Crippen LogP contribution in [0.1, 0.15) is 36.4 Å². The molecule has 1 aliphatic carbocycles. The first kappa shape index (κ1) is 9.24. The molecule has 4 nitrogen and oxygen atoms in total. The van der Waals surface area contributed by atoms with Crippen LogP contribution in [0.15, 0.2) is 6.20 Å². The Kier molecular flexibility index (Phi) is 2.27. The summed E-state index contributed by atoms with van der Waals surface area (Å²) in [6.45, 7) is 0. The number of nitrogens with zero attached hydrogens (tertiary/aromatic N) is 2. The fraction of sp³-hybridized carbons (Fsp3) is 0.600. The van der Waals surface area contributed by atoms with Crippen LogP contribution in [0.4, 0.5) is 0 Å². The molecular formula is C10H14N2O2. The number of carbonyl (C=O) groups is 1. The van der Waals surface area contributed by atoms with Gasteiger partial charge in [-0.15, -0.1) is 0 Å². The molecule has 4 heteroatoms. The van der Waals surface area contributed by atoms with Gasteiger partial charge < -0.3 is 5.11 Å². The summed E-state index contributed by atoms with van der Waals surface area (Å²) in [5.74, 6) is -0.0968. The molecule has 0 aromatic carbocycles. The van der Waals surface area contributed by atoms with E-state index in [1.54, 1.807) is 4.68 Å². The van der Waals surface area contributed by atoms with E-state index in [0.29, 0.717) is 12.3 Å². The van der Waals surface area contributed by atoms with Crippen molar-refractivity contribution in [3.8, 4) is 0 Å². The highest BCUT2D eigenvalue weighted by Gasteiger charge is 2.28. The van der Waals surface area contributed by atoms with Gasteiger partial charge in [-0.3, -0.25) is 9.48 Å². The Morgan fingerprint density at radius 3 is 3.00 bits per heavy atom. The quantitative estimate of drug-likeness (QED) is 0.786. The average Bonchev–Trinajstić information content (AvgIpc) is 2.88. The summed E-state index contributed by atoms with van der Waals surface area (Å²) in [7, 11) is 1.88. The Morgan fingerprint density at radius 1 is 1.71 bits per heavy atom. The Balaban J connectivity index is 2.13. The van der Waals surface area contributed by atoms with Gasteiger partial charge in [0.05, 0.1) is 12.6 Å². The van der Waals surface area contributed by atoms with Crippen molar-refractivity contribution in [3.63, 3.8) is 0 Å². The van der Waals surface area contributed by atoms with Gasteiger partial charge in [-0.05, 0) is 24.3 Å². The number of aryl methyl sites for hydroxylation is 1. The van der Waals surface area contributed by atoms with Gasteiger partial charge >= 0.3 is 5.97 Å². The fourth-order valence-electron chi connectivity index (χ4n) is 1.75. The van der Waals surface area contributed by atoms with Gasteiger partial charge in [0.2, 0.25) is 0 Å². The highest BCUT2D eigenvalue weighted by molar-refractivity contribution is 5.67. The number of hydrogen-bond acceptors (Lipinski definition) is 2. The molecule has 0 radical (unpaired) electrons. The minimum absolute atomic E-state index is 0.194. The van der Waals surface area contributed by atoms with E-state index in [-0.39, 0.29) is 6.42 Å². The van der Waals surface area contributed by atoms with Gasteiger partial charge in [0.25, 0.3) is 0 Å². The van der Waals surface area contributed by atoms with Crippen molar-refractivity contribution in [2.75, 3.05) is 0 Å². The van der Waals surface area contributed by atoms with Crippen LogP contribution in [0, 0.1) is 0 Å². The van der Waals surface area contributed by atoms with Gasteiger partial charge in [-0.2, -0.15) is 5.10 Å². The van der Waals surface area contributed by atoms with Crippen molar-refractivity contribution in [2.24, 2.45) is 7.05 Å². The summed E-state index contributed by atoms with van der Waals surface area (Å²) < 4.78 is 1.80. The van der Waals surface area contributed by atoms with E-state index in [9.17, 15) is 4.79 Å². The van der Waals surface area contributed by atoms with E-state index in [2.05, 4.69) is 5.10 Å². The molecule has 1 saturated carbocycles. The van der Waals surface area contributed by atoms with Crippen LogP contribution < -0.4 is 0 Å². The first-order valence-corrected chi connectivity index (χ1v) is 4.91. The van der Waals surface area contributed by atoms with Gasteiger partial charge in [0.1, 0.15) is 0 Å². The lowest BCUT2D eigenvalue weighted by molar-refractivity contribution is -0.136. The zero-order valence-corrected chi connectivity index (χ0v) is 8.23. The largest absolute Gasteiger partial charge is 0.481 e. The third-order valence-electron chi connectivity index (χ3n) is 2.69. The van der Waals surface area contributed by atoms with Crippen molar-refractivity contribution in [2.45, 2.75) is 31.6 Å².